The molecule has 0 aliphatic carbocycles. The molecule has 1 amide bonds. The minimum absolute atomic E-state index is 0.224. The third-order valence-corrected chi connectivity index (χ3v) is 2.63. The summed E-state index contributed by atoms with van der Waals surface area (Å²) >= 11 is 5.66. The molecule has 0 atom stereocenters. The van der Waals surface area contributed by atoms with E-state index in [1.165, 1.54) is 12.4 Å². The van der Waals surface area contributed by atoms with Crippen LogP contribution < -0.4 is 5.32 Å². The van der Waals surface area contributed by atoms with Crippen LogP contribution in [0.3, 0.4) is 0 Å². The molecule has 0 radical (unpaired) electrons. The monoisotopic (exact) mass is 256 g/mol. The van der Waals surface area contributed by atoms with Crippen LogP contribution in [0.4, 0.5) is 0 Å². The lowest BCUT2D eigenvalue weighted by Gasteiger charge is -2.17. The van der Waals surface area contributed by atoms with E-state index < -0.39 is 0 Å². The van der Waals surface area contributed by atoms with E-state index in [9.17, 15) is 4.79 Å². The van der Waals surface area contributed by atoms with Crippen LogP contribution in [0, 0.1) is 0 Å². The molecule has 0 unspecified atom stereocenters. The summed E-state index contributed by atoms with van der Waals surface area (Å²) in [6.45, 7) is 7.55. The molecule has 0 aromatic carbocycles. The minimum atomic E-state index is -0.243. The van der Waals surface area contributed by atoms with Gasteiger partial charge in [-0.05, 0) is 13.1 Å². The maximum Gasteiger partial charge on any atom is 0.271 e. The van der Waals surface area contributed by atoms with Gasteiger partial charge in [-0.25, -0.2) is 4.98 Å². The topological polar surface area (TPSA) is 58.1 Å². The molecule has 1 aromatic rings. The SMILES string of the molecule is CCN(CC)CCNC(=O)c1cncc(Cl)n1. The quantitative estimate of drug-likeness (QED) is 0.831. The van der Waals surface area contributed by atoms with Crippen LogP contribution in [0.15, 0.2) is 12.4 Å². The van der Waals surface area contributed by atoms with Crippen molar-refractivity contribution < 1.29 is 4.79 Å². The molecule has 1 aromatic heterocycles. The molecule has 0 bridgehead atoms. The van der Waals surface area contributed by atoms with Crippen molar-refractivity contribution in [3.63, 3.8) is 0 Å². The number of amides is 1. The second-order valence-corrected chi connectivity index (χ2v) is 3.90. The molecule has 0 saturated carbocycles. The van der Waals surface area contributed by atoms with Crippen molar-refractivity contribution in [2.75, 3.05) is 26.2 Å². The molecule has 6 heteroatoms. The number of hydrogen-bond donors (Lipinski definition) is 1. The lowest BCUT2D eigenvalue weighted by atomic mass is 10.4. The van der Waals surface area contributed by atoms with Crippen molar-refractivity contribution in [1.82, 2.24) is 20.2 Å². The molecule has 1 N–H and O–H groups in total. The molecule has 0 aliphatic heterocycles. The van der Waals surface area contributed by atoms with Gasteiger partial charge in [-0.2, -0.15) is 0 Å². The van der Waals surface area contributed by atoms with Crippen molar-refractivity contribution in [3.8, 4) is 0 Å². The van der Waals surface area contributed by atoms with Crippen LogP contribution in [0.25, 0.3) is 0 Å². The Bertz CT molecular complexity index is 368. The molecule has 94 valence electrons. The Balaban J connectivity index is 2.40. The van der Waals surface area contributed by atoms with Gasteiger partial charge in [-0.1, -0.05) is 25.4 Å². The zero-order chi connectivity index (χ0) is 12.7. The van der Waals surface area contributed by atoms with Crippen molar-refractivity contribution in [1.29, 1.82) is 0 Å². The lowest BCUT2D eigenvalue weighted by molar-refractivity contribution is 0.0943. The number of halogens is 1. The largest absolute Gasteiger partial charge is 0.349 e. The van der Waals surface area contributed by atoms with Gasteiger partial charge in [-0.15, -0.1) is 0 Å². The first-order chi connectivity index (χ1) is 8.17. The van der Waals surface area contributed by atoms with Crippen LogP contribution in [0.1, 0.15) is 24.3 Å². The predicted octanol–water partition coefficient (Wildman–Crippen LogP) is 1.20. The third-order valence-electron chi connectivity index (χ3n) is 2.45. The number of rotatable bonds is 6. The lowest BCUT2D eigenvalue weighted by Crippen LogP contribution is -2.35. The number of hydrogen-bond acceptors (Lipinski definition) is 4. The summed E-state index contributed by atoms with van der Waals surface area (Å²) in [6, 6.07) is 0. The smallest absolute Gasteiger partial charge is 0.271 e. The van der Waals surface area contributed by atoms with Gasteiger partial charge in [0, 0.05) is 13.1 Å². The summed E-state index contributed by atoms with van der Waals surface area (Å²) in [5.74, 6) is -0.243. The molecule has 1 heterocycles. The van der Waals surface area contributed by atoms with Gasteiger partial charge in [0.2, 0.25) is 0 Å². The average molecular weight is 257 g/mol. The molecule has 0 spiro atoms. The molecule has 0 fully saturated rings. The molecule has 1 rings (SSSR count). The van der Waals surface area contributed by atoms with Crippen molar-refractivity contribution in [2.24, 2.45) is 0 Å². The number of likely N-dealkylation sites (N-methyl/N-ethyl adjacent to an activating group) is 1. The fourth-order valence-corrected chi connectivity index (χ4v) is 1.56. The van der Waals surface area contributed by atoms with Gasteiger partial charge in [-0.3, -0.25) is 9.78 Å². The summed E-state index contributed by atoms with van der Waals surface area (Å²) in [4.78, 5) is 21.6. The molecule has 17 heavy (non-hydrogen) atoms. The van der Waals surface area contributed by atoms with Crippen LogP contribution in [-0.4, -0.2) is 47.0 Å². The summed E-state index contributed by atoms with van der Waals surface area (Å²) in [5, 5.41) is 3.01. The van der Waals surface area contributed by atoms with Gasteiger partial charge in [0.15, 0.2) is 0 Å². The first kappa shape index (κ1) is 13.9. The van der Waals surface area contributed by atoms with E-state index in [0.717, 1.165) is 19.6 Å². The highest BCUT2D eigenvalue weighted by molar-refractivity contribution is 6.29. The van der Waals surface area contributed by atoms with Gasteiger partial charge >= 0.3 is 0 Å². The minimum Gasteiger partial charge on any atom is -0.349 e. The highest BCUT2D eigenvalue weighted by Crippen LogP contribution is 2.01. The van der Waals surface area contributed by atoms with E-state index in [1.54, 1.807) is 0 Å². The van der Waals surface area contributed by atoms with Crippen molar-refractivity contribution in [3.05, 3.63) is 23.2 Å². The van der Waals surface area contributed by atoms with Crippen LogP contribution in [0.2, 0.25) is 5.15 Å². The van der Waals surface area contributed by atoms with Gasteiger partial charge < -0.3 is 10.2 Å². The fourth-order valence-electron chi connectivity index (χ4n) is 1.41. The fraction of sp³-hybridized carbons (Fsp3) is 0.545. The summed E-state index contributed by atoms with van der Waals surface area (Å²) in [7, 11) is 0. The van der Waals surface area contributed by atoms with Gasteiger partial charge in [0.25, 0.3) is 5.91 Å². The highest BCUT2D eigenvalue weighted by Gasteiger charge is 2.08. The van der Waals surface area contributed by atoms with Gasteiger partial charge in [0.05, 0.1) is 12.4 Å². The van der Waals surface area contributed by atoms with E-state index in [-0.39, 0.29) is 16.8 Å². The number of nitrogens with zero attached hydrogens (tertiary/aromatic N) is 3. The Morgan fingerprint density at radius 3 is 2.71 bits per heavy atom. The molecule has 0 saturated heterocycles. The number of aromatic nitrogens is 2. The Labute approximate surface area is 106 Å². The molecular weight excluding hydrogens is 240 g/mol. The molecular formula is C11H17ClN4O. The van der Waals surface area contributed by atoms with Crippen LogP contribution in [-0.2, 0) is 0 Å². The Kier molecular flexibility index (Phi) is 5.86. The first-order valence-corrected chi connectivity index (χ1v) is 6.03. The normalized spacial score (nSPS) is 10.6. The van der Waals surface area contributed by atoms with Crippen molar-refractivity contribution in [2.45, 2.75) is 13.8 Å². The zero-order valence-electron chi connectivity index (χ0n) is 10.1. The van der Waals surface area contributed by atoms with E-state index in [1.807, 2.05) is 0 Å². The third kappa shape index (κ3) is 4.66. The van der Waals surface area contributed by atoms with Crippen LogP contribution >= 0.6 is 11.6 Å². The summed E-state index contributed by atoms with van der Waals surface area (Å²) < 4.78 is 0. The second kappa shape index (κ2) is 7.19. The number of carbonyl (C=O) groups excluding carboxylic acids is 1. The Hall–Kier alpha value is -1.20. The van der Waals surface area contributed by atoms with Gasteiger partial charge in [0.1, 0.15) is 10.8 Å². The Morgan fingerprint density at radius 1 is 1.41 bits per heavy atom. The van der Waals surface area contributed by atoms with Crippen LogP contribution in [0.5, 0.6) is 0 Å². The van der Waals surface area contributed by atoms with E-state index >= 15 is 0 Å². The zero-order valence-corrected chi connectivity index (χ0v) is 10.9. The van der Waals surface area contributed by atoms with Crippen molar-refractivity contribution >= 4 is 17.5 Å². The predicted molar refractivity (Wildman–Crippen MR) is 67.2 cm³/mol. The maximum absolute atomic E-state index is 11.7. The number of nitrogens with one attached hydrogen (secondary N) is 1. The second-order valence-electron chi connectivity index (χ2n) is 3.51. The standard InChI is InChI=1S/C11H17ClN4O/c1-3-16(4-2)6-5-14-11(17)9-7-13-8-10(12)15-9/h7-8H,3-6H2,1-2H3,(H,14,17). The molecule has 0 aliphatic rings. The van der Waals surface area contributed by atoms with E-state index in [4.69, 9.17) is 11.6 Å². The maximum atomic E-state index is 11.7. The Morgan fingerprint density at radius 2 is 2.12 bits per heavy atom. The highest BCUT2D eigenvalue weighted by atomic mass is 35.5. The summed E-state index contributed by atoms with van der Waals surface area (Å²) in [5.41, 5.74) is 0.247. The van der Waals surface area contributed by atoms with E-state index in [0.29, 0.717) is 6.54 Å². The average Bonchev–Trinajstić information content (AvgIpc) is 2.34. The summed E-state index contributed by atoms with van der Waals surface area (Å²) in [6.07, 6.45) is 2.80. The first-order valence-electron chi connectivity index (χ1n) is 5.65. The molecule has 5 nitrogen and oxygen atoms in total. The van der Waals surface area contributed by atoms with E-state index in [2.05, 4.69) is 34.0 Å². The number of carbonyl (C=O) groups is 1.